The van der Waals surface area contributed by atoms with Gasteiger partial charge in [-0.05, 0) is 54.9 Å². The topological polar surface area (TPSA) is 92.4 Å². The van der Waals surface area contributed by atoms with E-state index in [1.165, 1.54) is 18.2 Å². The van der Waals surface area contributed by atoms with Gasteiger partial charge >= 0.3 is 5.97 Å². The number of aryl methyl sites for hydroxylation is 1. The lowest BCUT2D eigenvalue weighted by Crippen LogP contribution is -2.36. The summed E-state index contributed by atoms with van der Waals surface area (Å²) in [5.41, 5.74) is 2.71. The lowest BCUT2D eigenvalue weighted by Gasteiger charge is -2.26. The number of carbonyl (C=O) groups is 1. The maximum atomic E-state index is 14.6. The number of carboxylic acids is 1. The second-order valence-electron chi connectivity index (χ2n) is 8.72. The third kappa shape index (κ3) is 2.56. The lowest BCUT2D eigenvalue weighted by molar-refractivity contribution is -0.160. The first kappa shape index (κ1) is 19.9. The predicted molar refractivity (Wildman–Crippen MR) is 114 cm³/mol. The first-order valence-corrected chi connectivity index (χ1v) is 10.5. The molecule has 2 atom stereocenters. The number of carboxylic acid groups (broad SMARTS) is 1. The zero-order chi connectivity index (χ0) is 22.2. The van der Waals surface area contributed by atoms with Crippen LogP contribution >= 0.6 is 0 Å². The predicted octanol–water partition coefficient (Wildman–Crippen LogP) is 3.60. The van der Waals surface area contributed by atoms with Crippen LogP contribution in [-0.2, 0) is 23.4 Å². The fourth-order valence-corrected chi connectivity index (χ4v) is 5.21. The van der Waals surface area contributed by atoms with Gasteiger partial charge in [-0.3, -0.25) is 4.79 Å². The number of hydrogen-bond donors (Lipinski definition) is 2. The summed E-state index contributed by atoms with van der Waals surface area (Å²) in [6, 6.07) is 4.17. The molecule has 3 heterocycles. The molecule has 31 heavy (non-hydrogen) atoms. The van der Waals surface area contributed by atoms with Crippen molar-refractivity contribution >= 4 is 16.9 Å². The Morgan fingerprint density at radius 3 is 2.74 bits per heavy atom. The zero-order valence-corrected chi connectivity index (χ0v) is 17.6. The third-order valence-electron chi connectivity index (χ3n) is 7.09. The molecule has 6 nitrogen and oxygen atoms in total. The summed E-state index contributed by atoms with van der Waals surface area (Å²) in [5.74, 6) is -1.48. The molecule has 0 saturated heterocycles. The quantitative estimate of drug-likeness (QED) is 0.526. The monoisotopic (exact) mass is 422 g/mol. The average molecular weight is 422 g/mol. The Kier molecular flexibility index (Phi) is 4.15. The molecule has 1 aliphatic heterocycles. The second-order valence-corrected chi connectivity index (χ2v) is 8.72. The summed E-state index contributed by atoms with van der Waals surface area (Å²) < 4.78 is 16.2. The van der Waals surface area contributed by atoms with E-state index in [1.807, 2.05) is 0 Å². The van der Waals surface area contributed by atoms with E-state index in [-0.39, 0.29) is 29.3 Å². The number of halogens is 1. The molecule has 0 spiro atoms. The molecular weight excluding hydrogens is 399 g/mol. The van der Waals surface area contributed by atoms with Gasteiger partial charge in [0.1, 0.15) is 5.82 Å². The van der Waals surface area contributed by atoms with E-state index >= 15 is 0 Å². The van der Waals surface area contributed by atoms with Gasteiger partial charge in [-0.1, -0.05) is 13.8 Å². The molecule has 0 fully saturated rings. The van der Waals surface area contributed by atoms with Crippen molar-refractivity contribution in [3.63, 3.8) is 0 Å². The second kappa shape index (κ2) is 6.47. The fraction of sp³-hybridized carbons (Fsp3) is 0.375. The van der Waals surface area contributed by atoms with Crippen molar-refractivity contribution in [1.29, 1.82) is 0 Å². The molecule has 1 aromatic carbocycles. The van der Waals surface area contributed by atoms with Crippen LogP contribution in [0.2, 0.25) is 0 Å². The summed E-state index contributed by atoms with van der Waals surface area (Å²) in [6.45, 7) is 5.81. The number of aromatic nitrogens is 2. The Labute approximate surface area is 178 Å². The van der Waals surface area contributed by atoms with Gasteiger partial charge in [-0.2, -0.15) is 0 Å². The van der Waals surface area contributed by atoms with Crippen LogP contribution in [-0.4, -0.2) is 25.7 Å². The lowest BCUT2D eigenvalue weighted by atomic mass is 9.79. The normalized spacial score (nSPS) is 18.5. The van der Waals surface area contributed by atoms with Gasteiger partial charge < -0.3 is 14.8 Å². The number of aliphatic hydroxyl groups is 1. The Balaban J connectivity index is 1.85. The summed E-state index contributed by atoms with van der Waals surface area (Å²) in [4.78, 5) is 29.4. The number of nitrogens with zero attached hydrogens (tertiary/aromatic N) is 2. The Bertz CT molecular complexity index is 1360. The molecule has 0 radical (unpaired) electrons. The Morgan fingerprint density at radius 2 is 2.06 bits per heavy atom. The van der Waals surface area contributed by atoms with Crippen LogP contribution in [0.5, 0.6) is 0 Å². The number of pyridine rings is 2. The SMILES string of the molecule is CC[C@@](O)(C(=O)O)c1cc2n(c(=O)c1)Cc1c-2nc2cc(F)c(C)c3c2c1[C@@H](C)CC3. The van der Waals surface area contributed by atoms with E-state index in [9.17, 15) is 24.2 Å². The average Bonchev–Trinajstić information content (AvgIpc) is 3.11. The molecule has 2 aromatic heterocycles. The number of fused-ring (bicyclic) bond motifs is 4. The third-order valence-corrected chi connectivity index (χ3v) is 7.09. The van der Waals surface area contributed by atoms with Crippen LogP contribution in [0, 0.1) is 12.7 Å². The fourth-order valence-electron chi connectivity index (χ4n) is 5.21. The van der Waals surface area contributed by atoms with Crippen LogP contribution < -0.4 is 5.56 Å². The summed E-state index contributed by atoms with van der Waals surface area (Å²) in [5, 5.41) is 21.2. The van der Waals surface area contributed by atoms with Crippen molar-refractivity contribution in [3.05, 3.63) is 62.2 Å². The highest BCUT2D eigenvalue weighted by Gasteiger charge is 2.39. The molecule has 0 unspecified atom stereocenters. The van der Waals surface area contributed by atoms with Crippen LogP contribution in [0.15, 0.2) is 23.0 Å². The molecular formula is C24H23FN2O4. The molecule has 160 valence electrons. The smallest absolute Gasteiger partial charge is 0.340 e. The van der Waals surface area contributed by atoms with Crippen LogP contribution in [0.4, 0.5) is 4.39 Å². The molecule has 7 heteroatoms. The molecule has 1 aliphatic carbocycles. The maximum Gasteiger partial charge on any atom is 0.340 e. The maximum absolute atomic E-state index is 14.6. The van der Waals surface area contributed by atoms with Gasteiger partial charge in [-0.15, -0.1) is 0 Å². The number of aliphatic carboxylic acids is 1. The van der Waals surface area contributed by atoms with Crippen LogP contribution in [0.25, 0.3) is 22.3 Å². The molecule has 0 amide bonds. The Morgan fingerprint density at radius 1 is 1.32 bits per heavy atom. The Hall–Kier alpha value is -3.06. The van der Waals surface area contributed by atoms with Crippen molar-refractivity contribution in [2.45, 2.75) is 58.1 Å². The van der Waals surface area contributed by atoms with E-state index in [1.54, 1.807) is 18.4 Å². The van der Waals surface area contributed by atoms with Crippen molar-refractivity contribution in [3.8, 4) is 11.4 Å². The summed E-state index contributed by atoms with van der Waals surface area (Å²) in [7, 11) is 0. The van der Waals surface area contributed by atoms with Gasteiger partial charge in [0.05, 0.1) is 23.4 Å². The van der Waals surface area contributed by atoms with E-state index in [0.717, 1.165) is 34.9 Å². The van der Waals surface area contributed by atoms with E-state index in [4.69, 9.17) is 4.98 Å². The minimum Gasteiger partial charge on any atom is -0.479 e. The van der Waals surface area contributed by atoms with E-state index in [0.29, 0.717) is 29.0 Å². The minimum atomic E-state index is -2.16. The van der Waals surface area contributed by atoms with Crippen molar-refractivity contribution < 1.29 is 19.4 Å². The van der Waals surface area contributed by atoms with Gasteiger partial charge in [0.25, 0.3) is 5.56 Å². The highest BCUT2D eigenvalue weighted by molar-refractivity contribution is 5.93. The number of benzene rings is 1. The van der Waals surface area contributed by atoms with Crippen molar-refractivity contribution in [2.24, 2.45) is 0 Å². The van der Waals surface area contributed by atoms with Gasteiger partial charge in [0.15, 0.2) is 5.60 Å². The van der Waals surface area contributed by atoms with Gasteiger partial charge in [-0.25, -0.2) is 14.2 Å². The van der Waals surface area contributed by atoms with E-state index in [2.05, 4.69) is 6.92 Å². The summed E-state index contributed by atoms with van der Waals surface area (Å²) in [6.07, 6.45) is 1.58. The molecule has 5 rings (SSSR count). The van der Waals surface area contributed by atoms with Gasteiger partial charge in [0.2, 0.25) is 0 Å². The summed E-state index contributed by atoms with van der Waals surface area (Å²) >= 11 is 0. The van der Waals surface area contributed by atoms with Crippen molar-refractivity contribution in [2.75, 3.05) is 0 Å². The van der Waals surface area contributed by atoms with Crippen LogP contribution in [0.3, 0.4) is 0 Å². The first-order valence-electron chi connectivity index (χ1n) is 10.5. The van der Waals surface area contributed by atoms with Crippen LogP contribution in [0.1, 0.15) is 60.4 Å². The molecule has 0 bridgehead atoms. The van der Waals surface area contributed by atoms with Crippen molar-refractivity contribution in [1.82, 2.24) is 9.55 Å². The zero-order valence-electron chi connectivity index (χ0n) is 17.6. The minimum absolute atomic E-state index is 0.0333. The molecule has 2 aliphatic rings. The van der Waals surface area contributed by atoms with E-state index < -0.39 is 11.6 Å². The number of rotatable bonds is 3. The first-order chi connectivity index (χ1) is 14.7. The molecule has 0 saturated carbocycles. The largest absolute Gasteiger partial charge is 0.479 e. The standard InChI is InChI=1S/C24H23FN2O4/c1-4-24(31,23(29)30)13-7-18-22-15(10-27(18)19(28)8-13)20-11(2)5-6-14-12(3)16(25)9-17(26-22)21(14)20/h7-9,11,31H,4-6,10H2,1-3H3,(H,29,30)/t11-,24-/m0/s1. The highest BCUT2D eigenvalue weighted by atomic mass is 19.1. The highest BCUT2D eigenvalue weighted by Crippen LogP contribution is 2.45. The van der Waals surface area contributed by atoms with Gasteiger partial charge in [0, 0.05) is 28.6 Å². The molecule has 2 N–H and O–H groups in total. The molecule has 3 aromatic rings. The number of hydrogen-bond acceptors (Lipinski definition) is 4.